The number of aromatic nitrogens is 8. The fraction of sp³-hybridized carbons (Fsp3) is 0.524. The molecule has 4 unspecified atom stereocenters. The normalized spacial score (nSPS) is 36.9. The smallest absolute Gasteiger partial charge is 0.387 e. The van der Waals surface area contributed by atoms with Gasteiger partial charge >= 0.3 is 7.82 Å². The quantitative estimate of drug-likeness (QED) is 0.110. The number of H-pyrrole nitrogens is 1. The van der Waals surface area contributed by atoms with Crippen LogP contribution < -0.4 is 11.3 Å². The van der Waals surface area contributed by atoms with Crippen LogP contribution >= 0.6 is 28.8 Å². The molecule has 7 heterocycles. The second-order valence-electron chi connectivity index (χ2n) is 10.1. The Kier molecular flexibility index (Phi) is 8.66. The molecule has 0 amide bonds. The molecule has 3 aliphatic heterocycles. The Labute approximate surface area is 265 Å². The lowest BCUT2D eigenvalue weighted by Crippen LogP contribution is -2.36. The highest BCUT2D eigenvalue weighted by molar-refractivity contribution is 7.79. The first-order valence-corrected chi connectivity index (χ1v) is 15.6. The number of imidazole rings is 2. The lowest BCUT2D eigenvalue weighted by atomic mass is 10.1. The van der Waals surface area contributed by atoms with E-state index in [1.54, 1.807) is 6.92 Å². The Balaban J connectivity index is 0.00000372. The van der Waals surface area contributed by atoms with E-state index in [4.69, 9.17) is 33.3 Å². The van der Waals surface area contributed by atoms with Gasteiger partial charge in [-0.25, -0.2) is 29.5 Å². The summed E-state index contributed by atoms with van der Waals surface area (Å²) in [4.78, 5) is 46.2. The number of fused-ring (bicyclic) bond motifs is 5. The van der Waals surface area contributed by atoms with Gasteiger partial charge in [0.2, 0.25) is 0 Å². The predicted octanol–water partition coefficient (Wildman–Crippen LogP) is -2.13. The third kappa shape index (κ3) is 5.80. The number of anilines is 1. The van der Waals surface area contributed by atoms with E-state index in [9.17, 15) is 29.0 Å². The van der Waals surface area contributed by atoms with E-state index in [-0.39, 0.29) is 47.5 Å². The summed E-state index contributed by atoms with van der Waals surface area (Å²) in [5.74, 6) is 0.359. The van der Waals surface area contributed by atoms with Crippen LogP contribution in [0.3, 0.4) is 0 Å². The van der Waals surface area contributed by atoms with Gasteiger partial charge in [-0.05, 0) is 6.92 Å². The SMILES string of the molecule is S.[BH3-]P1(=O)OC[C@H]2O[C@@H](n3cnc4c(N)ncnc43)C(O)[C@H]2OP(=O)(O)OC[C@H]2O[C@@H](n3cnc4c(=O)[nH]c(C)nc43)[C@@H](O1)C2O. The standard InChI is InChI=1S/C21H27BN9O12P2.H2S/c1-7-28-18-11(19(34)29-7)27-6-31(18)21-15-12(32)8(40-21)2-39-45(36,37)43-14-9(3-38-44(22,35)42-15)41-20(13(14)33)30-5-26-10-16(23)24-4-25-17(10)30;/h4-6,8-9,12-15,20-21,32-33H,2-3H2,1,22H3,(H,36,37)(H2,23,24,25)(H,28,29,34);1H2/q-1;/t8-,9-,12?,13?,14+,15+,20-,21-,44?;/m1./s1. The summed E-state index contributed by atoms with van der Waals surface area (Å²) in [5.41, 5.74) is 5.88. The van der Waals surface area contributed by atoms with E-state index in [0.717, 1.165) is 0 Å². The van der Waals surface area contributed by atoms with Crippen LogP contribution in [0.25, 0.3) is 22.3 Å². The zero-order chi connectivity index (χ0) is 31.8. The summed E-state index contributed by atoms with van der Waals surface area (Å²) in [7, 11) is -10.1. The molecule has 3 fully saturated rings. The average molecular weight is 704 g/mol. The first-order valence-electron chi connectivity index (χ1n) is 13.0. The van der Waals surface area contributed by atoms with Crippen molar-refractivity contribution < 1.29 is 51.8 Å². The molecule has 25 heteroatoms. The minimum absolute atomic E-state index is 0. The van der Waals surface area contributed by atoms with Gasteiger partial charge in [-0.15, -0.1) is 0 Å². The summed E-state index contributed by atoms with van der Waals surface area (Å²) in [6.45, 7) is 0.365. The van der Waals surface area contributed by atoms with Crippen LogP contribution in [0.5, 0.6) is 0 Å². The summed E-state index contributed by atoms with van der Waals surface area (Å²) in [5, 5.41) is 22.4. The van der Waals surface area contributed by atoms with Crippen LogP contribution in [-0.2, 0) is 36.7 Å². The highest BCUT2D eigenvalue weighted by atomic mass is 32.1. The van der Waals surface area contributed by atoms with Gasteiger partial charge in [0.25, 0.3) is 5.56 Å². The van der Waals surface area contributed by atoms with E-state index in [2.05, 4.69) is 29.9 Å². The van der Waals surface area contributed by atoms with Crippen molar-refractivity contribution in [3.05, 3.63) is 35.2 Å². The van der Waals surface area contributed by atoms with E-state index < -0.39 is 90.7 Å². The fourth-order valence-corrected chi connectivity index (χ4v) is 7.02. The highest BCUT2D eigenvalue weighted by Crippen LogP contribution is 2.53. The summed E-state index contributed by atoms with van der Waals surface area (Å²) in [6.07, 6.45) is -7.34. The Morgan fingerprint density at radius 2 is 1.61 bits per heavy atom. The number of nitrogens with zero attached hydrogens (tertiary/aromatic N) is 7. The van der Waals surface area contributed by atoms with Crippen molar-refractivity contribution in [2.45, 2.75) is 56.0 Å². The molecule has 6 N–H and O–H groups in total. The molecule has 0 aliphatic carbocycles. The average Bonchev–Trinajstić information content (AvgIpc) is 3.72. The molecule has 0 saturated carbocycles. The zero-order valence-electron chi connectivity index (χ0n) is 22.9. The summed E-state index contributed by atoms with van der Waals surface area (Å²) < 4.78 is 63.7. The van der Waals surface area contributed by atoms with Gasteiger partial charge in [0.15, 0.2) is 35.1 Å². The van der Waals surface area contributed by atoms with Crippen molar-refractivity contribution >= 4 is 64.5 Å². The number of nitrogens with one attached hydrogen (secondary N) is 1. The lowest BCUT2D eigenvalue weighted by molar-refractivity contribution is -0.0621. The molecule has 2 bridgehead atoms. The second-order valence-corrected chi connectivity index (χ2v) is 12.4. The number of hydrogen-bond acceptors (Lipinski definition) is 17. The molecule has 21 nitrogen and oxygen atoms in total. The number of rotatable bonds is 2. The predicted molar refractivity (Wildman–Crippen MR) is 162 cm³/mol. The number of nitrogen functional groups attached to an aromatic ring is 1. The second kappa shape index (κ2) is 12.0. The van der Waals surface area contributed by atoms with Gasteiger partial charge in [0.1, 0.15) is 61.8 Å². The molecule has 0 aromatic carbocycles. The molecule has 4 aromatic rings. The Bertz CT molecular complexity index is 1950. The first-order chi connectivity index (χ1) is 21.3. The highest BCUT2D eigenvalue weighted by Gasteiger charge is 2.52. The Morgan fingerprint density at radius 3 is 2.37 bits per heavy atom. The number of nitrogens with two attached hydrogens (primary N) is 1. The van der Waals surface area contributed by atoms with E-state index in [1.807, 2.05) is 0 Å². The van der Waals surface area contributed by atoms with Gasteiger partial charge < -0.3 is 48.9 Å². The molecule has 10 atom stereocenters. The van der Waals surface area contributed by atoms with Gasteiger partial charge in [-0.3, -0.25) is 23.0 Å². The molecular weight excluding hydrogens is 675 g/mol. The third-order valence-electron chi connectivity index (χ3n) is 7.32. The monoisotopic (exact) mass is 704 g/mol. The van der Waals surface area contributed by atoms with E-state index in [1.165, 1.54) is 28.1 Å². The maximum Gasteiger partial charge on any atom is 0.472 e. The number of phosphoric acid groups is 1. The van der Waals surface area contributed by atoms with Crippen molar-refractivity contribution in [3.63, 3.8) is 0 Å². The molecule has 46 heavy (non-hydrogen) atoms. The van der Waals surface area contributed by atoms with Gasteiger partial charge in [-0.1, -0.05) is 0 Å². The fourth-order valence-electron chi connectivity index (χ4n) is 5.30. The van der Waals surface area contributed by atoms with Crippen molar-refractivity contribution in [1.29, 1.82) is 0 Å². The van der Waals surface area contributed by atoms with Crippen molar-refractivity contribution in [1.82, 2.24) is 39.0 Å². The van der Waals surface area contributed by atoms with Crippen LogP contribution in [0.4, 0.5) is 5.82 Å². The van der Waals surface area contributed by atoms with Crippen molar-refractivity contribution in [2.24, 2.45) is 0 Å². The Morgan fingerprint density at radius 1 is 0.935 bits per heavy atom. The van der Waals surface area contributed by atoms with Gasteiger partial charge in [0, 0.05) is 0 Å². The molecule has 0 radical (unpaired) electrons. The number of aryl methyl sites for hydroxylation is 1. The van der Waals surface area contributed by atoms with Crippen molar-refractivity contribution in [2.75, 3.05) is 18.9 Å². The van der Waals surface area contributed by atoms with Crippen LogP contribution in [0, 0.1) is 6.92 Å². The largest absolute Gasteiger partial charge is 0.472 e. The maximum atomic E-state index is 13.8. The van der Waals surface area contributed by atoms with E-state index >= 15 is 0 Å². The zero-order valence-corrected chi connectivity index (χ0v) is 25.7. The minimum Gasteiger partial charge on any atom is -0.387 e. The Hall–Kier alpha value is -2.79. The molecule has 250 valence electrons. The topological polar surface area (TPSA) is 283 Å². The third-order valence-corrected chi connectivity index (χ3v) is 9.08. The number of aliphatic hydroxyl groups is 2. The van der Waals surface area contributed by atoms with Crippen LogP contribution in [0.2, 0.25) is 0 Å². The summed E-state index contributed by atoms with van der Waals surface area (Å²) >= 11 is 0. The minimum atomic E-state index is -4.97. The molecule has 3 aliphatic rings. The summed E-state index contributed by atoms with van der Waals surface area (Å²) in [6, 6.07) is 0. The van der Waals surface area contributed by atoms with Gasteiger partial charge in [0.05, 0.1) is 33.4 Å². The molecule has 4 aromatic heterocycles. The lowest BCUT2D eigenvalue weighted by Gasteiger charge is -2.30. The van der Waals surface area contributed by atoms with Gasteiger partial charge in [-0.2, -0.15) is 13.5 Å². The molecule has 0 spiro atoms. The van der Waals surface area contributed by atoms with Crippen LogP contribution in [0.15, 0.2) is 23.8 Å². The van der Waals surface area contributed by atoms with Crippen LogP contribution in [0.1, 0.15) is 18.3 Å². The number of ether oxygens (including phenoxy) is 2. The molecule has 7 rings (SSSR count). The number of hydrogen-bond donors (Lipinski definition) is 5. The van der Waals surface area contributed by atoms with Crippen LogP contribution in [-0.4, -0.2) is 112 Å². The first kappa shape index (κ1) is 33.1. The number of aromatic amines is 1. The van der Waals surface area contributed by atoms with Crippen molar-refractivity contribution in [3.8, 4) is 0 Å². The number of phosphoric ester groups is 1. The molecular formula is C21H29BN9O12P2S-. The molecule has 3 saturated heterocycles. The maximum absolute atomic E-state index is 13.8. The van der Waals surface area contributed by atoms with E-state index in [0.29, 0.717) is 0 Å². The number of aliphatic hydroxyl groups excluding tert-OH is 2.